The second-order valence-electron chi connectivity index (χ2n) is 7.28. The molecule has 2 N–H and O–H groups in total. The maximum absolute atomic E-state index is 14.5. The van der Waals surface area contributed by atoms with Crippen molar-refractivity contribution < 1.29 is 8.78 Å². The number of nitrogens with one attached hydrogen (secondary N) is 2. The maximum Gasteiger partial charge on any atom is 0.274 e. The van der Waals surface area contributed by atoms with E-state index < -0.39 is 11.6 Å². The van der Waals surface area contributed by atoms with Crippen molar-refractivity contribution in [3.05, 3.63) is 100.0 Å². The summed E-state index contributed by atoms with van der Waals surface area (Å²) in [6, 6.07) is 18.8. The van der Waals surface area contributed by atoms with Gasteiger partial charge in [-0.2, -0.15) is 5.26 Å². The zero-order valence-electron chi connectivity index (χ0n) is 17.4. The first-order chi connectivity index (χ1) is 15.4. The van der Waals surface area contributed by atoms with Crippen molar-refractivity contribution in [3.63, 3.8) is 0 Å². The summed E-state index contributed by atoms with van der Waals surface area (Å²) in [5, 5.41) is 12.0. The quantitative estimate of drug-likeness (QED) is 0.480. The van der Waals surface area contributed by atoms with Crippen molar-refractivity contribution in [3.8, 4) is 17.2 Å². The first-order valence-corrected chi connectivity index (χ1v) is 9.75. The molecule has 0 amide bonds. The van der Waals surface area contributed by atoms with E-state index in [1.165, 1.54) is 22.7 Å². The summed E-state index contributed by atoms with van der Waals surface area (Å²) in [5.41, 5.74) is 2.65. The van der Waals surface area contributed by atoms with E-state index in [0.29, 0.717) is 28.3 Å². The number of anilines is 2. The fourth-order valence-electron chi connectivity index (χ4n) is 3.33. The molecule has 0 bridgehead atoms. The van der Waals surface area contributed by atoms with Crippen molar-refractivity contribution in [2.75, 3.05) is 11.9 Å². The van der Waals surface area contributed by atoms with Gasteiger partial charge in [-0.05, 0) is 61.0 Å². The standard InChI is InChI=1S/C24H19F2N5O/c1-15-3-6-17(20-10-7-18(25)12-21(20)26)11-23-28-22(13-24(32)31(23)29-15)30(2)19-8-4-16(14-27)5-9-19/h3-13,28-29H,1-2H3. The zero-order chi connectivity index (χ0) is 22.8. The Morgan fingerprint density at radius 2 is 1.75 bits per heavy atom. The number of hydrogen-bond acceptors (Lipinski definition) is 3. The highest BCUT2D eigenvalue weighted by atomic mass is 19.1. The largest absolute Gasteiger partial charge is 0.331 e. The molecule has 0 aliphatic carbocycles. The molecular weight excluding hydrogens is 412 g/mol. The van der Waals surface area contributed by atoms with E-state index in [4.69, 9.17) is 5.26 Å². The number of nitriles is 1. The van der Waals surface area contributed by atoms with Crippen molar-refractivity contribution in [2.24, 2.45) is 0 Å². The van der Waals surface area contributed by atoms with Gasteiger partial charge in [0.15, 0.2) is 0 Å². The van der Waals surface area contributed by atoms with Crippen LogP contribution in [-0.4, -0.2) is 21.6 Å². The topological polar surface area (TPSA) is 80.1 Å². The summed E-state index contributed by atoms with van der Waals surface area (Å²) in [7, 11) is 1.78. The fourth-order valence-corrected chi connectivity index (χ4v) is 3.33. The third-order valence-electron chi connectivity index (χ3n) is 5.06. The summed E-state index contributed by atoms with van der Waals surface area (Å²) >= 11 is 0. The lowest BCUT2D eigenvalue weighted by atomic mass is 10.1. The van der Waals surface area contributed by atoms with E-state index in [0.717, 1.165) is 11.8 Å². The molecule has 8 heteroatoms. The Labute approximate surface area is 182 Å². The first-order valence-electron chi connectivity index (χ1n) is 9.75. The van der Waals surface area contributed by atoms with Crippen LogP contribution in [0.2, 0.25) is 0 Å². The monoisotopic (exact) mass is 431 g/mol. The van der Waals surface area contributed by atoms with Crippen LogP contribution in [0.25, 0.3) is 16.8 Å². The van der Waals surface area contributed by atoms with Crippen LogP contribution in [0.15, 0.2) is 71.5 Å². The van der Waals surface area contributed by atoms with Gasteiger partial charge < -0.3 is 9.88 Å². The second-order valence-corrected chi connectivity index (χ2v) is 7.28. The lowest BCUT2D eigenvalue weighted by molar-refractivity contribution is 0.585. The molecule has 0 unspecified atom stereocenters. The van der Waals surface area contributed by atoms with Crippen molar-refractivity contribution >= 4 is 17.2 Å². The fraction of sp³-hybridized carbons (Fsp3) is 0.0833. The van der Waals surface area contributed by atoms with Gasteiger partial charge >= 0.3 is 0 Å². The highest BCUT2D eigenvalue weighted by Gasteiger charge is 2.10. The SMILES string of the molecule is Cc1ccc(-c2ccc(F)cc2F)cc2[nH]c(N(C)c3ccc(C#N)cc3)cc(=O)n2[nH]1. The van der Waals surface area contributed by atoms with E-state index in [1.807, 2.05) is 0 Å². The Morgan fingerprint density at radius 3 is 2.44 bits per heavy atom. The van der Waals surface area contributed by atoms with E-state index >= 15 is 0 Å². The van der Waals surface area contributed by atoms with Crippen molar-refractivity contribution in [1.82, 2.24) is 14.6 Å². The molecule has 0 aliphatic heterocycles. The van der Waals surface area contributed by atoms with Gasteiger partial charge in [0.05, 0.1) is 11.6 Å². The average molecular weight is 431 g/mol. The van der Waals surface area contributed by atoms with Gasteiger partial charge in [0.25, 0.3) is 5.56 Å². The van der Waals surface area contributed by atoms with Crippen LogP contribution in [0, 0.1) is 29.9 Å². The number of rotatable bonds is 3. The minimum absolute atomic E-state index is 0.204. The average Bonchev–Trinajstić information content (AvgIpc) is 2.77. The molecule has 4 aromatic rings. The smallest absolute Gasteiger partial charge is 0.274 e. The summed E-state index contributed by atoms with van der Waals surface area (Å²) in [5.74, 6) is -0.877. The number of aromatic nitrogens is 3. The predicted molar refractivity (Wildman–Crippen MR) is 119 cm³/mol. The number of halogens is 2. The number of nitrogens with zero attached hydrogens (tertiary/aromatic N) is 3. The van der Waals surface area contributed by atoms with Gasteiger partial charge in [0, 0.05) is 36.1 Å². The van der Waals surface area contributed by atoms with Crippen LogP contribution in [0.1, 0.15) is 11.3 Å². The molecule has 0 atom stereocenters. The number of hydrogen-bond donors (Lipinski definition) is 2. The van der Waals surface area contributed by atoms with Gasteiger partial charge in [-0.15, -0.1) is 0 Å². The molecule has 2 aromatic heterocycles. The molecule has 2 heterocycles. The minimum atomic E-state index is -0.702. The Balaban J connectivity index is 1.92. The molecule has 2 aromatic carbocycles. The van der Waals surface area contributed by atoms with Crippen LogP contribution in [-0.2, 0) is 0 Å². The molecule has 6 nitrogen and oxygen atoms in total. The molecular formula is C24H19F2N5O. The normalized spacial score (nSPS) is 10.6. The highest BCUT2D eigenvalue weighted by molar-refractivity contribution is 5.68. The Bertz CT molecular complexity index is 1460. The lowest BCUT2D eigenvalue weighted by Gasteiger charge is -2.19. The molecule has 0 saturated heterocycles. The van der Waals surface area contributed by atoms with Gasteiger partial charge in [-0.1, -0.05) is 6.07 Å². The molecule has 160 valence electrons. The van der Waals surface area contributed by atoms with Gasteiger partial charge in [-0.25, -0.2) is 13.3 Å². The van der Waals surface area contributed by atoms with E-state index in [9.17, 15) is 13.6 Å². The minimum Gasteiger partial charge on any atom is -0.331 e. The summed E-state index contributed by atoms with van der Waals surface area (Å²) in [6.07, 6.45) is 0. The van der Waals surface area contributed by atoms with Crippen LogP contribution in [0.3, 0.4) is 0 Å². The van der Waals surface area contributed by atoms with Crippen molar-refractivity contribution in [2.45, 2.75) is 6.92 Å². The van der Waals surface area contributed by atoms with Crippen LogP contribution in [0.4, 0.5) is 20.3 Å². The summed E-state index contributed by atoms with van der Waals surface area (Å²) in [4.78, 5) is 17.9. The highest BCUT2D eigenvalue weighted by Crippen LogP contribution is 2.25. The number of aryl methyl sites for hydroxylation is 1. The Kier molecular flexibility index (Phi) is 5.48. The third kappa shape index (κ3) is 4.09. The molecule has 0 fully saturated rings. The molecule has 32 heavy (non-hydrogen) atoms. The molecule has 0 saturated carbocycles. The van der Waals surface area contributed by atoms with Gasteiger partial charge in [0.2, 0.25) is 0 Å². The van der Waals surface area contributed by atoms with Crippen LogP contribution >= 0.6 is 0 Å². The second kappa shape index (κ2) is 8.40. The van der Waals surface area contributed by atoms with Gasteiger partial charge in [0.1, 0.15) is 23.1 Å². The number of benzene rings is 2. The first kappa shape index (κ1) is 20.9. The summed E-state index contributed by atoms with van der Waals surface area (Å²) < 4.78 is 29.2. The predicted octanol–water partition coefficient (Wildman–Crippen LogP) is 4.97. The number of aromatic amines is 2. The zero-order valence-corrected chi connectivity index (χ0v) is 17.4. The molecule has 0 aliphatic rings. The van der Waals surface area contributed by atoms with E-state index in [1.54, 1.807) is 61.3 Å². The van der Waals surface area contributed by atoms with Crippen molar-refractivity contribution in [1.29, 1.82) is 5.26 Å². The third-order valence-corrected chi connectivity index (χ3v) is 5.06. The summed E-state index contributed by atoms with van der Waals surface area (Å²) in [6.45, 7) is 1.77. The van der Waals surface area contributed by atoms with Crippen LogP contribution < -0.4 is 10.5 Å². The van der Waals surface area contributed by atoms with E-state index in [2.05, 4.69) is 16.2 Å². The molecule has 0 radical (unpaired) electrons. The molecule has 0 spiro atoms. The molecule has 4 rings (SSSR count). The Hall–Kier alpha value is -4.38. The number of fused-ring (bicyclic) bond motifs is 1. The Morgan fingerprint density at radius 1 is 1.00 bits per heavy atom. The lowest BCUT2D eigenvalue weighted by Crippen LogP contribution is -2.21. The van der Waals surface area contributed by atoms with E-state index in [-0.39, 0.29) is 11.1 Å². The van der Waals surface area contributed by atoms with Crippen LogP contribution in [0.5, 0.6) is 0 Å². The number of H-pyrrole nitrogens is 2. The van der Waals surface area contributed by atoms with Gasteiger partial charge in [-0.3, -0.25) is 9.89 Å². The maximum atomic E-state index is 14.5.